The van der Waals surface area contributed by atoms with Crippen LogP contribution in [0.3, 0.4) is 0 Å². The Bertz CT molecular complexity index is 401. The lowest BCUT2D eigenvalue weighted by molar-refractivity contribution is -0.143. The van der Waals surface area contributed by atoms with Gasteiger partial charge >= 0.3 is 12.1 Å². The molecular formula is C12H12BF3O2. The lowest BCUT2D eigenvalue weighted by atomic mass is 9.81. The van der Waals surface area contributed by atoms with Gasteiger partial charge in [0.05, 0.1) is 20.0 Å². The van der Waals surface area contributed by atoms with Gasteiger partial charge < -0.3 is 4.74 Å². The van der Waals surface area contributed by atoms with E-state index >= 15 is 0 Å². The Morgan fingerprint density at radius 2 is 1.89 bits per heavy atom. The zero-order valence-electron chi connectivity index (χ0n) is 9.83. The number of alkyl halides is 3. The first-order chi connectivity index (χ1) is 8.36. The van der Waals surface area contributed by atoms with Crippen molar-refractivity contribution in [2.24, 2.45) is 0 Å². The molecule has 0 aliphatic carbocycles. The summed E-state index contributed by atoms with van der Waals surface area (Å²) in [6.07, 6.45) is -3.74. The third-order valence-corrected chi connectivity index (χ3v) is 2.30. The van der Waals surface area contributed by atoms with E-state index in [9.17, 15) is 18.0 Å². The van der Waals surface area contributed by atoms with Gasteiger partial charge in [-0.15, -0.1) is 0 Å². The molecular weight excluding hydrogens is 244 g/mol. The molecule has 6 heteroatoms. The van der Waals surface area contributed by atoms with Crippen molar-refractivity contribution in [2.45, 2.75) is 25.3 Å². The molecule has 0 heterocycles. The fourth-order valence-corrected chi connectivity index (χ4v) is 1.31. The Balaban J connectivity index is 2.76. The van der Waals surface area contributed by atoms with Crippen molar-refractivity contribution in [2.75, 3.05) is 6.61 Å². The summed E-state index contributed by atoms with van der Waals surface area (Å²) in [7, 11) is 5.58. The van der Waals surface area contributed by atoms with Crippen LogP contribution in [0.1, 0.15) is 30.3 Å². The maximum absolute atomic E-state index is 12.3. The van der Waals surface area contributed by atoms with Crippen molar-refractivity contribution in [1.29, 1.82) is 0 Å². The van der Waals surface area contributed by atoms with Gasteiger partial charge in [0, 0.05) is 5.82 Å². The van der Waals surface area contributed by atoms with Gasteiger partial charge in [-0.1, -0.05) is 19.1 Å². The van der Waals surface area contributed by atoms with Gasteiger partial charge in [0.1, 0.15) is 0 Å². The molecule has 0 spiro atoms. The van der Waals surface area contributed by atoms with E-state index in [1.807, 2.05) is 6.92 Å². The van der Waals surface area contributed by atoms with E-state index in [-0.39, 0.29) is 6.61 Å². The van der Waals surface area contributed by atoms with Crippen LogP contribution in [0.5, 0.6) is 0 Å². The van der Waals surface area contributed by atoms with Crippen molar-refractivity contribution in [3.63, 3.8) is 0 Å². The van der Waals surface area contributed by atoms with Crippen LogP contribution in [0.25, 0.3) is 0 Å². The second kappa shape index (κ2) is 5.93. The second-order valence-corrected chi connectivity index (χ2v) is 3.76. The lowest BCUT2D eigenvalue weighted by Gasteiger charge is -2.13. The summed E-state index contributed by atoms with van der Waals surface area (Å²) < 4.78 is 41.8. The van der Waals surface area contributed by atoms with Crippen LogP contribution in [0.2, 0.25) is 0 Å². The molecule has 0 saturated heterocycles. The molecule has 0 saturated carbocycles. The van der Waals surface area contributed by atoms with E-state index in [0.717, 1.165) is 12.1 Å². The average molecular weight is 256 g/mol. The van der Waals surface area contributed by atoms with Crippen LogP contribution in [-0.2, 0) is 15.7 Å². The van der Waals surface area contributed by atoms with E-state index < -0.39 is 23.5 Å². The van der Waals surface area contributed by atoms with Crippen LogP contribution < -0.4 is 0 Å². The summed E-state index contributed by atoms with van der Waals surface area (Å²) in [6, 6.07) is 4.14. The molecule has 2 nitrogen and oxygen atoms in total. The molecule has 1 aromatic carbocycles. The third-order valence-electron chi connectivity index (χ3n) is 2.30. The van der Waals surface area contributed by atoms with E-state index in [4.69, 9.17) is 12.6 Å². The third kappa shape index (κ3) is 3.79. The van der Waals surface area contributed by atoms with Crippen LogP contribution in [0.4, 0.5) is 13.2 Å². The maximum atomic E-state index is 12.3. The Kier molecular flexibility index (Phi) is 4.81. The summed E-state index contributed by atoms with van der Waals surface area (Å²) in [4.78, 5) is 11.4. The van der Waals surface area contributed by atoms with Gasteiger partial charge in [-0.3, -0.25) is 4.79 Å². The molecule has 0 aromatic heterocycles. The maximum Gasteiger partial charge on any atom is 0.416 e. The number of halogens is 3. The molecule has 1 aromatic rings. The van der Waals surface area contributed by atoms with Gasteiger partial charge in [-0.25, -0.2) is 0 Å². The zero-order chi connectivity index (χ0) is 13.8. The number of hydrogen-bond donors (Lipinski definition) is 0. The molecule has 2 radical (unpaired) electrons. The van der Waals surface area contributed by atoms with Crippen LogP contribution >= 0.6 is 0 Å². The van der Waals surface area contributed by atoms with E-state index in [2.05, 4.69) is 0 Å². The number of hydrogen-bond acceptors (Lipinski definition) is 2. The minimum Gasteiger partial charge on any atom is -0.466 e. The molecule has 0 aliphatic heterocycles. The molecule has 0 fully saturated rings. The van der Waals surface area contributed by atoms with E-state index in [1.165, 1.54) is 12.1 Å². The quantitative estimate of drug-likeness (QED) is 0.611. The second-order valence-electron chi connectivity index (χ2n) is 3.76. The monoisotopic (exact) mass is 256 g/mol. The topological polar surface area (TPSA) is 26.3 Å². The largest absolute Gasteiger partial charge is 0.466 e. The predicted octanol–water partition coefficient (Wildman–Crippen LogP) is 2.87. The number of rotatable bonds is 4. The van der Waals surface area contributed by atoms with Crippen LogP contribution in [-0.4, -0.2) is 20.4 Å². The fourth-order valence-electron chi connectivity index (χ4n) is 1.31. The highest BCUT2D eigenvalue weighted by Gasteiger charge is 2.30. The Morgan fingerprint density at radius 3 is 2.33 bits per heavy atom. The highest BCUT2D eigenvalue weighted by molar-refractivity contribution is 6.23. The van der Waals surface area contributed by atoms with Crippen LogP contribution in [0, 0.1) is 0 Å². The van der Waals surface area contributed by atoms with Crippen molar-refractivity contribution < 1.29 is 22.7 Å². The fraction of sp³-hybridized carbons (Fsp3) is 0.417. The Morgan fingerprint density at radius 1 is 1.33 bits per heavy atom. The summed E-state index contributed by atoms with van der Waals surface area (Å²) >= 11 is 0. The molecule has 96 valence electrons. The number of ether oxygens (including phenoxy) is 1. The molecule has 18 heavy (non-hydrogen) atoms. The van der Waals surface area contributed by atoms with Gasteiger partial charge in [-0.2, -0.15) is 13.2 Å². The Hall–Kier alpha value is -1.46. The molecule has 0 bridgehead atoms. The molecule has 1 unspecified atom stereocenters. The first kappa shape index (κ1) is 14.6. The normalized spacial score (nSPS) is 13.1. The summed E-state index contributed by atoms with van der Waals surface area (Å²) in [5.41, 5.74) is -0.482. The molecule has 0 N–H and O–H groups in total. The summed E-state index contributed by atoms with van der Waals surface area (Å²) in [6.45, 7) is 2.07. The smallest absolute Gasteiger partial charge is 0.416 e. The van der Waals surface area contributed by atoms with Crippen LogP contribution in [0.15, 0.2) is 24.3 Å². The minimum atomic E-state index is -4.40. The van der Waals surface area contributed by atoms with Gasteiger partial charge in [-0.05, 0) is 24.1 Å². The number of esters is 1. The molecule has 1 rings (SSSR count). The zero-order valence-corrected chi connectivity index (χ0v) is 9.83. The molecule has 0 aliphatic rings. The number of benzene rings is 1. The van der Waals surface area contributed by atoms with E-state index in [1.54, 1.807) is 0 Å². The first-order valence-electron chi connectivity index (χ1n) is 5.45. The first-order valence-corrected chi connectivity index (χ1v) is 5.45. The average Bonchev–Trinajstić information content (AvgIpc) is 2.34. The summed E-state index contributed by atoms with van der Waals surface area (Å²) in [5, 5.41) is 0. The number of carbonyl (C=O) groups excluding carboxylic acids is 1. The highest BCUT2D eigenvalue weighted by atomic mass is 19.4. The minimum absolute atomic E-state index is 0.243. The van der Waals surface area contributed by atoms with Crippen molar-refractivity contribution in [3.05, 3.63) is 35.4 Å². The summed E-state index contributed by atoms with van der Waals surface area (Å²) in [5.74, 6) is -1.70. The van der Waals surface area contributed by atoms with Crippen molar-refractivity contribution in [1.82, 2.24) is 0 Å². The lowest BCUT2D eigenvalue weighted by Crippen LogP contribution is -2.17. The van der Waals surface area contributed by atoms with Crippen molar-refractivity contribution >= 4 is 13.8 Å². The van der Waals surface area contributed by atoms with Gasteiger partial charge in [0.25, 0.3) is 0 Å². The Labute approximate surface area is 105 Å². The van der Waals surface area contributed by atoms with E-state index in [0.29, 0.717) is 12.0 Å². The van der Waals surface area contributed by atoms with Gasteiger partial charge in [0.2, 0.25) is 0 Å². The number of carbonyl (C=O) groups is 1. The predicted molar refractivity (Wildman–Crippen MR) is 61.2 cm³/mol. The standard InChI is InChI=1S/C12H12BF3O2/c1-2-7-18-11(17)10(13)8-3-5-9(6-4-8)12(14,15)16/h3-6,10H,2,7H2,1H3. The molecule has 1 atom stereocenters. The van der Waals surface area contributed by atoms with Crippen molar-refractivity contribution in [3.8, 4) is 0 Å². The SMILES string of the molecule is [B]C(C(=O)OCCC)c1ccc(C(F)(F)F)cc1. The molecule has 0 amide bonds. The highest BCUT2D eigenvalue weighted by Crippen LogP contribution is 2.29. The van der Waals surface area contributed by atoms with Gasteiger partial charge in [0.15, 0.2) is 0 Å².